The lowest BCUT2D eigenvalue weighted by molar-refractivity contribution is -0.158. The number of esters is 1. The minimum Gasteiger partial charge on any atom is -0.465 e. The van der Waals surface area contributed by atoms with Gasteiger partial charge in [0.1, 0.15) is 5.41 Å². The first-order valence-corrected chi connectivity index (χ1v) is 7.34. The van der Waals surface area contributed by atoms with Crippen molar-refractivity contribution in [3.05, 3.63) is 0 Å². The number of hydrogen-bond acceptors (Lipinski definition) is 5. The molecule has 5 heteroatoms. The summed E-state index contributed by atoms with van der Waals surface area (Å²) in [4.78, 5) is 25.8. The Morgan fingerprint density at radius 3 is 2.50 bits per heavy atom. The van der Waals surface area contributed by atoms with E-state index in [0.717, 1.165) is 12.5 Å². The molecule has 0 amide bonds. The summed E-state index contributed by atoms with van der Waals surface area (Å²) in [5, 5.41) is 0. The zero-order chi connectivity index (χ0) is 15.2. The van der Waals surface area contributed by atoms with E-state index in [2.05, 4.69) is 0 Å². The van der Waals surface area contributed by atoms with Crippen molar-refractivity contribution in [1.29, 1.82) is 0 Å². The Hall–Kier alpha value is -0.940. The van der Waals surface area contributed by atoms with Crippen LogP contribution >= 0.6 is 0 Å². The molecule has 1 rings (SSSR count). The lowest BCUT2D eigenvalue weighted by atomic mass is 9.88. The van der Waals surface area contributed by atoms with Crippen molar-refractivity contribution < 1.29 is 19.1 Å². The number of ketones is 1. The molecular weight excluding hydrogens is 258 g/mol. The molecule has 0 bridgehead atoms. The van der Waals surface area contributed by atoms with Gasteiger partial charge in [0.25, 0.3) is 0 Å². The van der Waals surface area contributed by atoms with E-state index in [9.17, 15) is 9.59 Å². The molecule has 1 saturated carbocycles. The van der Waals surface area contributed by atoms with Crippen LogP contribution in [-0.4, -0.2) is 56.6 Å². The second kappa shape index (κ2) is 7.74. The summed E-state index contributed by atoms with van der Waals surface area (Å²) in [5.74, 6) is 0.175. The van der Waals surface area contributed by atoms with Gasteiger partial charge in [-0.2, -0.15) is 0 Å². The number of nitrogens with zero attached hydrogens (tertiary/aromatic N) is 1. The summed E-state index contributed by atoms with van der Waals surface area (Å²) < 4.78 is 10.5. The molecule has 0 atom stereocenters. The summed E-state index contributed by atoms with van der Waals surface area (Å²) in [7, 11) is 1.86. The monoisotopic (exact) mass is 285 g/mol. The average molecular weight is 285 g/mol. The van der Waals surface area contributed by atoms with Crippen molar-refractivity contribution in [2.24, 2.45) is 11.3 Å². The first-order valence-electron chi connectivity index (χ1n) is 7.34. The van der Waals surface area contributed by atoms with Crippen LogP contribution < -0.4 is 0 Å². The number of rotatable bonds is 10. The molecule has 0 radical (unpaired) electrons. The Bertz CT molecular complexity index is 337. The van der Waals surface area contributed by atoms with Crippen molar-refractivity contribution in [3.8, 4) is 0 Å². The highest BCUT2D eigenvalue weighted by Crippen LogP contribution is 2.28. The third-order valence-corrected chi connectivity index (χ3v) is 3.56. The maximum absolute atomic E-state index is 12.2. The molecule has 5 nitrogen and oxygen atoms in total. The summed E-state index contributed by atoms with van der Waals surface area (Å²) >= 11 is 0. The SMILES string of the molecule is CCOC(=O)C(C)(C)C(=O)CN(C)CCOCC1CC1. The van der Waals surface area contributed by atoms with Crippen LogP contribution in [-0.2, 0) is 19.1 Å². The number of carbonyl (C=O) groups excluding carboxylic acids is 2. The van der Waals surface area contributed by atoms with Crippen LogP contribution in [0.1, 0.15) is 33.6 Å². The predicted molar refractivity (Wildman–Crippen MR) is 76.5 cm³/mol. The summed E-state index contributed by atoms with van der Waals surface area (Å²) in [5.41, 5.74) is -1.08. The van der Waals surface area contributed by atoms with E-state index in [4.69, 9.17) is 9.47 Å². The van der Waals surface area contributed by atoms with Crippen LogP contribution in [0.25, 0.3) is 0 Å². The summed E-state index contributed by atoms with van der Waals surface area (Å²) in [6.45, 7) is 7.64. The van der Waals surface area contributed by atoms with E-state index in [1.54, 1.807) is 20.8 Å². The van der Waals surface area contributed by atoms with Gasteiger partial charge in [-0.15, -0.1) is 0 Å². The maximum atomic E-state index is 12.2. The molecule has 1 aliphatic rings. The molecule has 0 aliphatic heterocycles. The van der Waals surface area contributed by atoms with Gasteiger partial charge < -0.3 is 9.47 Å². The van der Waals surface area contributed by atoms with Gasteiger partial charge in [0.15, 0.2) is 5.78 Å². The molecule has 116 valence electrons. The lowest BCUT2D eigenvalue weighted by Crippen LogP contribution is -2.42. The molecule has 1 aliphatic carbocycles. The number of ether oxygens (including phenoxy) is 2. The first kappa shape index (κ1) is 17.1. The second-order valence-electron chi connectivity index (χ2n) is 6.02. The molecule has 0 aromatic rings. The topological polar surface area (TPSA) is 55.8 Å². The van der Waals surface area contributed by atoms with Crippen molar-refractivity contribution in [1.82, 2.24) is 4.90 Å². The molecule has 0 spiro atoms. The first-order chi connectivity index (χ1) is 9.37. The maximum Gasteiger partial charge on any atom is 0.319 e. The van der Waals surface area contributed by atoms with Crippen molar-refractivity contribution in [2.75, 3.05) is 40.0 Å². The lowest BCUT2D eigenvalue weighted by Gasteiger charge is -2.24. The minimum atomic E-state index is -1.08. The fourth-order valence-electron chi connectivity index (χ4n) is 1.70. The second-order valence-corrected chi connectivity index (χ2v) is 6.02. The molecule has 0 aromatic carbocycles. The van der Waals surface area contributed by atoms with Crippen LogP contribution in [0.4, 0.5) is 0 Å². The highest BCUT2D eigenvalue weighted by atomic mass is 16.5. The zero-order valence-electron chi connectivity index (χ0n) is 13.1. The molecule has 0 saturated heterocycles. The quantitative estimate of drug-likeness (QED) is 0.346. The average Bonchev–Trinajstić information content (AvgIpc) is 3.18. The Morgan fingerprint density at radius 1 is 1.30 bits per heavy atom. The van der Waals surface area contributed by atoms with Gasteiger partial charge in [-0.3, -0.25) is 14.5 Å². The van der Waals surface area contributed by atoms with Gasteiger partial charge >= 0.3 is 5.97 Å². The number of likely N-dealkylation sites (N-methyl/N-ethyl adjacent to an activating group) is 1. The molecule has 1 fully saturated rings. The van der Waals surface area contributed by atoms with Gasteiger partial charge in [-0.05, 0) is 46.6 Å². The van der Waals surface area contributed by atoms with E-state index < -0.39 is 11.4 Å². The van der Waals surface area contributed by atoms with E-state index in [-0.39, 0.29) is 12.3 Å². The third-order valence-electron chi connectivity index (χ3n) is 3.56. The summed E-state index contributed by atoms with van der Waals surface area (Å²) in [6, 6.07) is 0. The van der Waals surface area contributed by atoms with Gasteiger partial charge in [0.2, 0.25) is 0 Å². The van der Waals surface area contributed by atoms with Crippen LogP contribution in [0.5, 0.6) is 0 Å². The molecule has 20 heavy (non-hydrogen) atoms. The van der Waals surface area contributed by atoms with Crippen LogP contribution in [0.15, 0.2) is 0 Å². The predicted octanol–water partition coefficient (Wildman–Crippen LogP) is 1.50. The largest absolute Gasteiger partial charge is 0.465 e. The molecule has 0 heterocycles. The van der Waals surface area contributed by atoms with Crippen LogP contribution in [0.3, 0.4) is 0 Å². The fraction of sp³-hybridized carbons (Fsp3) is 0.867. The van der Waals surface area contributed by atoms with Gasteiger partial charge in [0, 0.05) is 13.2 Å². The molecular formula is C15H27NO4. The Balaban J connectivity index is 2.25. The van der Waals surface area contributed by atoms with Crippen molar-refractivity contribution in [2.45, 2.75) is 33.6 Å². The molecule has 0 unspecified atom stereocenters. The van der Waals surface area contributed by atoms with Crippen molar-refractivity contribution in [3.63, 3.8) is 0 Å². The normalized spacial score (nSPS) is 15.4. The van der Waals surface area contributed by atoms with E-state index >= 15 is 0 Å². The van der Waals surface area contributed by atoms with E-state index in [0.29, 0.717) is 19.8 Å². The Morgan fingerprint density at radius 2 is 1.95 bits per heavy atom. The zero-order valence-corrected chi connectivity index (χ0v) is 13.1. The van der Waals surface area contributed by atoms with Crippen molar-refractivity contribution >= 4 is 11.8 Å². The minimum absolute atomic E-state index is 0.124. The summed E-state index contributed by atoms with van der Waals surface area (Å²) in [6.07, 6.45) is 2.56. The van der Waals surface area contributed by atoms with Gasteiger partial charge in [-0.25, -0.2) is 0 Å². The highest BCUT2D eigenvalue weighted by Gasteiger charge is 2.37. The van der Waals surface area contributed by atoms with Crippen LogP contribution in [0, 0.1) is 11.3 Å². The number of carbonyl (C=O) groups is 2. The smallest absolute Gasteiger partial charge is 0.319 e. The molecule has 0 aromatic heterocycles. The van der Waals surface area contributed by atoms with Gasteiger partial charge in [-0.1, -0.05) is 0 Å². The van der Waals surface area contributed by atoms with E-state index in [1.165, 1.54) is 12.8 Å². The van der Waals surface area contributed by atoms with E-state index in [1.807, 2.05) is 11.9 Å². The standard InChI is InChI=1S/C15H27NO4/c1-5-20-14(18)15(2,3)13(17)10-16(4)8-9-19-11-12-6-7-12/h12H,5-11H2,1-4H3. The third kappa shape index (κ3) is 5.59. The molecule has 0 N–H and O–H groups in total. The van der Waals surface area contributed by atoms with Gasteiger partial charge in [0.05, 0.1) is 19.8 Å². The highest BCUT2D eigenvalue weighted by molar-refractivity contribution is 6.03. The fourth-order valence-corrected chi connectivity index (χ4v) is 1.70. The number of Topliss-reactive ketones (excluding diaryl/α,β-unsaturated/α-hetero) is 1. The number of hydrogen-bond donors (Lipinski definition) is 0. The van der Waals surface area contributed by atoms with Crippen LogP contribution in [0.2, 0.25) is 0 Å². The Labute approximate surface area is 121 Å². The Kier molecular flexibility index (Phi) is 6.62.